The van der Waals surface area contributed by atoms with Crippen molar-refractivity contribution in [3.8, 4) is 5.75 Å². The number of nitrogens with one attached hydrogen (secondary N) is 2. The smallest absolute Gasteiger partial charge is 0.341 e. The van der Waals surface area contributed by atoms with Crippen molar-refractivity contribution in [2.24, 2.45) is 0 Å². The Morgan fingerprint density at radius 2 is 1.79 bits per heavy atom. The molecular weight excluding hydrogens is 372 g/mol. The first-order chi connectivity index (χ1) is 14.1. The summed E-state index contributed by atoms with van der Waals surface area (Å²) in [7, 11) is 1.57. The van der Waals surface area contributed by atoms with Crippen molar-refractivity contribution in [1.29, 1.82) is 0 Å². The van der Waals surface area contributed by atoms with Crippen LogP contribution in [0, 0.1) is 0 Å². The minimum Gasteiger partial charge on any atom is -0.497 e. The number of furan rings is 1. The summed E-state index contributed by atoms with van der Waals surface area (Å²) >= 11 is 0. The van der Waals surface area contributed by atoms with E-state index in [-0.39, 0.29) is 0 Å². The number of esters is 1. The van der Waals surface area contributed by atoms with Gasteiger partial charge in [0, 0.05) is 11.4 Å². The monoisotopic (exact) mass is 394 g/mol. The molecular formula is C22H22N2O5. The fourth-order valence-corrected chi connectivity index (χ4v) is 2.61. The van der Waals surface area contributed by atoms with E-state index in [0.717, 1.165) is 5.76 Å². The average molecular weight is 394 g/mol. The Bertz CT molecular complexity index is 952. The minimum absolute atomic E-state index is 0.336. The Kier molecular flexibility index (Phi) is 6.52. The third-order valence-electron chi connectivity index (χ3n) is 4.19. The van der Waals surface area contributed by atoms with Crippen LogP contribution in [-0.2, 0) is 16.1 Å². The highest BCUT2D eigenvalue weighted by Crippen LogP contribution is 2.19. The molecule has 2 N–H and O–H groups in total. The van der Waals surface area contributed by atoms with Crippen molar-refractivity contribution in [2.75, 3.05) is 17.7 Å². The van der Waals surface area contributed by atoms with Crippen molar-refractivity contribution >= 4 is 23.3 Å². The lowest BCUT2D eigenvalue weighted by atomic mass is 10.1. The number of hydrogen-bond donors (Lipinski definition) is 2. The molecule has 150 valence electrons. The molecule has 0 fully saturated rings. The van der Waals surface area contributed by atoms with E-state index in [2.05, 4.69) is 10.6 Å². The van der Waals surface area contributed by atoms with E-state index in [9.17, 15) is 9.59 Å². The summed E-state index contributed by atoms with van der Waals surface area (Å²) in [5.41, 5.74) is 1.51. The second-order valence-electron chi connectivity index (χ2n) is 6.24. The first-order valence-corrected chi connectivity index (χ1v) is 9.08. The van der Waals surface area contributed by atoms with Crippen LogP contribution in [0.5, 0.6) is 5.75 Å². The molecule has 0 aliphatic rings. The molecule has 1 heterocycles. The van der Waals surface area contributed by atoms with Crippen LogP contribution in [0.25, 0.3) is 0 Å². The molecule has 2 aromatic carbocycles. The topological polar surface area (TPSA) is 89.8 Å². The van der Waals surface area contributed by atoms with Crippen molar-refractivity contribution in [3.63, 3.8) is 0 Å². The number of methoxy groups -OCH3 is 1. The van der Waals surface area contributed by atoms with E-state index in [1.165, 1.54) is 6.92 Å². The molecule has 0 radical (unpaired) electrons. The highest BCUT2D eigenvalue weighted by molar-refractivity contribution is 5.99. The lowest BCUT2D eigenvalue weighted by molar-refractivity contribution is -0.123. The SMILES string of the molecule is COc1ccc(NC(=O)C(C)OC(=O)c2ccccc2NCc2ccco2)cc1. The fraction of sp³-hybridized carbons (Fsp3) is 0.182. The summed E-state index contributed by atoms with van der Waals surface area (Å²) in [6.07, 6.45) is 0.614. The van der Waals surface area contributed by atoms with Gasteiger partial charge in [-0.1, -0.05) is 12.1 Å². The number of anilines is 2. The zero-order valence-electron chi connectivity index (χ0n) is 16.2. The summed E-state index contributed by atoms with van der Waals surface area (Å²) < 4.78 is 15.7. The molecule has 3 aromatic rings. The van der Waals surface area contributed by atoms with Gasteiger partial charge >= 0.3 is 5.97 Å². The molecule has 1 atom stereocenters. The molecule has 3 rings (SSSR count). The summed E-state index contributed by atoms with van der Waals surface area (Å²) in [5.74, 6) is 0.399. The Hall–Kier alpha value is -3.74. The summed E-state index contributed by atoms with van der Waals surface area (Å²) in [5, 5.41) is 5.85. The van der Waals surface area contributed by atoms with Gasteiger partial charge in [0.05, 0.1) is 25.5 Å². The number of amides is 1. The maximum Gasteiger partial charge on any atom is 0.341 e. The number of carbonyl (C=O) groups is 2. The van der Waals surface area contributed by atoms with Gasteiger partial charge in [-0.3, -0.25) is 4.79 Å². The summed E-state index contributed by atoms with van der Waals surface area (Å²) in [6.45, 7) is 1.94. The second-order valence-corrected chi connectivity index (χ2v) is 6.24. The van der Waals surface area contributed by atoms with Crippen LogP contribution < -0.4 is 15.4 Å². The summed E-state index contributed by atoms with van der Waals surface area (Å²) in [6, 6.07) is 17.4. The third-order valence-corrected chi connectivity index (χ3v) is 4.19. The number of ether oxygens (including phenoxy) is 2. The summed E-state index contributed by atoms with van der Waals surface area (Å²) in [4.78, 5) is 24.9. The van der Waals surface area contributed by atoms with Gasteiger partial charge in [0.1, 0.15) is 11.5 Å². The molecule has 0 spiro atoms. The molecule has 1 aromatic heterocycles. The fourth-order valence-electron chi connectivity index (χ4n) is 2.61. The van der Waals surface area contributed by atoms with E-state index in [1.807, 2.05) is 6.07 Å². The molecule has 0 bridgehead atoms. The van der Waals surface area contributed by atoms with Crippen LogP contribution >= 0.6 is 0 Å². The van der Waals surface area contributed by atoms with E-state index in [0.29, 0.717) is 29.2 Å². The largest absolute Gasteiger partial charge is 0.497 e. The van der Waals surface area contributed by atoms with E-state index in [4.69, 9.17) is 13.9 Å². The molecule has 0 aliphatic carbocycles. The Balaban J connectivity index is 1.60. The van der Waals surface area contributed by atoms with Crippen LogP contribution in [0.15, 0.2) is 71.3 Å². The predicted molar refractivity (Wildman–Crippen MR) is 109 cm³/mol. The van der Waals surface area contributed by atoms with E-state index in [1.54, 1.807) is 68.0 Å². The van der Waals surface area contributed by atoms with Gasteiger partial charge in [0.15, 0.2) is 6.10 Å². The molecule has 7 heteroatoms. The molecule has 1 unspecified atom stereocenters. The average Bonchev–Trinajstić information content (AvgIpc) is 3.26. The van der Waals surface area contributed by atoms with Gasteiger partial charge in [-0.15, -0.1) is 0 Å². The van der Waals surface area contributed by atoms with Crippen LogP contribution in [-0.4, -0.2) is 25.1 Å². The number of rotatable bonds is 8. The zero-order valence-corrected chi connectivity index (χ0v) is 16.2. The Labute approximate surface area is 168 Å². The maximum absolute atomic E-state index is 12.6. The number of hydrogen-bond acceptors (Lipinski definition) is 6. The van der Waals surface area contributed by atoms with Crippen LogP contribution in [0.2, 0.25) is 0 Å². The lowest BCUT2D eigenvalue weighted by Gasteiger charge is -2.15. The highest BCUT2D eigenvalue weighted by Gasteiger charge is 2.21. The van der Waals surface area contributed by atoms with Gasteiger partial charge in [-0.2, -0.15) is 0 Å². The molecule has 29 heavy (non-hydrogen) atoms. The molecule has 0 saturated carbocycles. The van der Waals surface area contributed by atoms with Gasteiger partial charge in [-0.05, 0) is 55.5 Å². The molecule has 1 amide bonds. The predicted octanol–water partition coefficient (Wildman–Crippen LogP) is 4.08. The van der Waals surface area contributed by atoms with Crippen LogP contribution in [0.3, 0.4) is 0 Å². The first-order valence-electron chi connectivity index (χ1n) is 9.08. The van der Waals surface area contributed by atoms with Crippen LogP contribution in [0.1, 0.15) is 23.0 Å². The lowest BCUT2D eigenvalue weighted by Crippen LogP contribution is -2.30. The number of para-hydroxylation sites is 1. The second kappa shape index (κ2) is 9.45. The molecule has 0 aliphatic heterocycles. The maximum atomic E-state index is 12.6. The van der Waals surface area contributed by atoms with Crippen molar-refractivity contribution < 1.29 is 23.5 Å². The van der Waals surface area contributed by atoms with Crippen molar-refractivity contribution in [2.45, 2.75) is 19.6 Å². The Morgan fingerprint density at radius 1 is 1.03 bits per heavy atom. The van der Waals surface area contributed by atoms with Gasteiger partial charge in [-0.25, -0.2) is 4.79 Å². The molecule has 0 saturated heterocycles. The van der Waals surface area contributed by atoms with Gasteiger partial charge in [0.25, 0.3) is 5.91 Å². The first kappa shape index (κ1) is 20.0. The normalized spacial score (nSPS) is 11.4. The van der Waals surface area contributed by atoms with Gasteiger partial charge in [0.2, 0.25) is 0 Å². The highest BCUT2D eigenvalue weighted by atomic mass is 16.5. The van der Waals surface area contributed by atoms with Gasteiger partial charge < -0.3 is 24.5 Å². The number of benzene rings is 2. The third kappa shape index (κ3) is 5.38. The Morgan fingerprint density at radius 3 is 2.48 bits per heavy atom. The minimum atomic E-state index is -0.970. The zero-order chi connectivity index (χ0) is 20.6. The van der Waals surface area contributed by atoms with Crippen molar-refractivity contribution in [1.82, 2.24) is 0 Å². The van der Waals surface area contributed by atoms with Crippen molar-refractivity contribution in [3.05, 3.63) is 78.3 Å². The standard InChI is InChI=1S/C22H22N2O5/c1-15(21(25)24-16-9-11-17(27-2)12-10-16)29-22(26)19-7-3-4-8-20(19)23-14-18-6-5-13-28-18/h3-13,15,23H,14H2,1-2H3,(H,24,25). The van der Waals surface area contributed by atoms with E-state index >= 15 is 0 Å². The molecule has 7 nitrogen and oxygen atoms in total. The van der Waals surface area contributed by atoms with Crippen LogP contribution in [0.4, 0.5) is 11.4 Å². The van der Waals surface area contributed by atoms with E-state index < -0.39 is 18.0 Å². The quantitative estimate of drug-likeness (QED) is 0.560. The number of carbonyl (C=O) groups excluding carboxylic acids is 2.